The summed E-state index contributed by atoms with van der Waals surface area (Å²) in [4.78, 5) is 8.85. The zero-order valence-corrected chi connectivity index (χ0v) is 35.3. The van der Waals surface area contributed by atoms with E-state index in [9.17, 15) is 0 Å². The number of benzene rings is 4. The second kappa shape index (κ2) is 16.9. The van der Waals surface area contributed by atoms with E-state index in [1.807, 2.05) is 0 Å². The number of nitrogens with zero attached hydrogens (tertiary/aromatic N) is 2. The highest BCUT2D eigenvalue weighted by Gasteiger charge is 2.46. The molecule has 58 heavy (non-hydrogen) atoms. The van der Waals surface area contributed by atoms with E-state index in [1.54, 1.807) is 18.2 Å². The molecule has 4 atom stereocenters. The molecular formula is C52H60N2O4. The van der Waals surface area contributed by atoms with E-state index in [0.29, 0.717) is 48.3 Å². The van der Waals surface area contributed by atoms with Crippen LogP contribution in [0.1, 0.15) is 102 Å². The van der Waals surface area contributed by atoms with Gasteiger partial charge in [-0.3, -0.25) is 0 Å². The zero-order valence-electron chi connectivity index (χ0n) is 35.3. The molecule has 1 heterocycles. The minimum absolute atomic E-state index is 0.127. The van der Waals surface area contributed by atoms with Crippen molar-refractivity contribution in [2.45, 2.75) is 90.9 Å². The molecule has 0 spiro atoms. The maximum Gasteiger partial charge on any atom is 0.226 e. The van der Waals surface area contributed by atoms with Crippen molar-refractivity contribution in [2.24, 2.45) is 22.7 Å². The highest BCUT2D eigenvalue weighted by molar-refractivity contribution is 5.47. The maximum atomic E-state index is 6.30. The molecule has 0 bridgehead atoms. The van der Waals surface area contributed by atoms with E-state index < -0.39 is 0 Å². The lowest BCUT2D eigenvalue weighted by atomic mass is 9.55. The molecule has 2 aliphatic carbocycles. The van der Waals surface area contributed by atoms with Gasteiger partial charge < -0.3 is 18.9 Å². The number of rotatable bonds is 14. The number of aromatic nitrogens is 2. The van der Waals surface area contributed by atoms with Crippen molar-refractivity contribution in [3.05, 3.63) is 157 Å². The molecule has 0 saturated heterocycles. The van der Waals surface area contributed by atoms with Crippen LogP contribution in [0.15, 0.2) is 135 Å². The van der Waals surface area contributed by atoms with Gasteiger partial charge >= 0.3 is 0 Å². The Hall–Kier alpha value is -5.36. The van der Waals surface area contributed by atoms with Crippen molar-refractivity contribution in [1.82, 2.24) is 9.97 Å². The zero-order chi connectivity index (χ0) is 41.0. The van der Waals surface area contributed by atoms with Gasteiger partial charge in [-0.2, -0.15) is 0 Å². The van der Waals surface area contributed by atoms with Gasteiger partial charge in [0, 0.05) is 10.8 Å². The van der Waals surface area contributed by atoms with Gasteiger partial charge in [-0.1, -0.05) is 115 Å². The van der Waals surface area contributed by atoms with Gasteiger partial charge in [-0.25, -0.2) is 9.97 Å². The summed E-state index contributed by atoms with van der Waals surface area (Å²) < 4.78 is 24.2. The first-order chi connectivity index (χ1) is 27.8. The van der Waals surface area contributed by atoms with Crippen LogP contribution in [0.5, 0.6) is 34.8 Å². The van der Waals surface area contributed by atoms with Crippen molar-refractivity contribution in [1.29, 1.82) is 0 Å². The predicted molar refractivity (Wildman–Crippen MR) is 234 cm³/mol. The van der Waals surface area contributed by atoms with Crippen LogP contribution in [0.3, 0.4) is 0 Å². The Morgan fingerprint density at radius 2 is 0.845 bits per heavy atom. The average Bonchev–Trinajstić information content (AvgIpc) is 3.19. The maximum absolute atomic E-state index is 6.30. The van der Waals surface area contributed by atoms with E-state index in [1.165, 1.54) is 41.4 Å². The summed E-state index contributed by atoms with van der Waals surface area (Å²) in [6, 6.07) is 36.1. The molecule has 7 rings (SSSR count). The number of hydrogen-bond acceptors (Lipinski definition) is 6. The molecule has 0 N–H and O–H groups in total. The van der Waals surface area contributed by atoms with Gasteiger partial charge in [-0.15, -0.1) is 0 Å². The van der Waals surface area contributed by atoms with Crippen LogP contribution in [0.25, 0.3) is 0 Å². The normalized spacial score (nSPS) is 23.6. The summed E-state index contributed by atoms with van der Waals surface area (Å²) in [5, 5.41) is 0. The Kier molecular flexibility index (Phi) is 11.9. The Labute approximate surface area is 346 Å². The van der Waals surface area contributed by atoms with Gasteiger partial charge in [0.1, 0.15) is 42.5 Å². The van der Waals surface area contributed by atoms with Crippen LogP contribution in [-0.4, -0.2) is 23.2 Å². The largest absolute Gasteiger partial charge is 0.490 e. The van der Waals surface area contributed by atoms with Crippen molar-refractivity contribution < 1.29 is 18.9 Å². The molecule has 0 aliphatic heterocycles. The third kappa shape index (κ3) is 9.17. The molecule has 6 nitrogen and oxygen atoms in total. The minimum Gasteiger partial charge on any atom is -0.490 e. The summed E-state index contributed by atoms with van der Waals surface area (Å²) in [5.74, 6) is 5.13. The Morgan fingerprint density at radius 1 is 0.517 bits per heavy atom. The van der Waals surface area contributed by atoms with E-state index in [0.717, 1.165) is 37.2 Å². The fourth-order valence-electron chi connectivity index (χ4n) is 10.8. The van der Waals surface area contributed by atoms with E-state index in [4.69, 9.17) is 18.9 Å². The number of ether oxygens (including phenoxy) is 4. The van der Waals surface area contributed by atoms with Crippen molar-refractivity contribution in [3.63, 3.8) is 0 Å². The lowest BCUT2D eigenvalue weighted by molar-refractivity contribution is 0.126. The van der Waals surface area contributed by atoms with E-state index in [-0.39, 0.29) is 21.7 Å². The molecule has 6 heteroatoms. The molecule has 4 aromatic carbocycles. The first-order valence-electron chi connectivity index (χ1n) is 20.9. The molecule has 0 radical (unpaired) electrons. The first kappa shape index (κ1) is 40.8. The third-order valence-electron chi connectivity index (χ3n) is 12.2. The standard InChI is InChI=1S/C52H60N2O4/c1-9-27-55-43-19-11-39(12-20-43)51(32-37(3)30-49(5,6)34-51)41-15-23-45(24-16-41)57-47-29-48(54-36-53-47)58-46-25-17-42(18-26-46)52(33-38(4)31-50(7,8)35-52)40-13-21-44(22-14-40)56-28-10-2/h9-26,29,36-38H,1-2,27-28,30-35H2,3-8H3. The highest BCUT2D eigenvalue weighted by atomic mass is 16.5. The minimum atomic E-state index is -0.127. The van der Waals surface area contributed by atoms with Crippen molar-refractivity contribution in [3.8, 4) is 34.8 Å². The molecule has 5 aromatic rings. The van der Waals surface area contributed by atoms with Crippen LogP contribution < -0.4 is 18.9 Å². The highest BCUT2D eigenvalue weighted by Crippen LogP contribution is 2.55. The molecule has 1 aromatic heterocycles. The Morgan fingerprint density at radius 3 is 1.16 bits per heavy atom. The lowest BCUT2D eigenvalue weighted by Crippen LogP contribution is -2.41. The van der Waals surface area contributed by atoms with Crippen LogP contribution in [0, 0.1) is 22.7 Å². The predicted octanol–water partition coefficient (Wildman–Crippen LogP) is 13.5. The fraction of sp³-hybridized carbons (Fsp3) is 0.385. The Balaban J connectivity index is 1.08. The van der Waals surface area contributed by atoms with Gasteiger partial charge in [-0.05, 0) is 132 Å². The first-order valence-corrected chi connectivity index (χ1v) is 20.9. The molecule has 2 saturated carbocycles. The molecule has 302 valence electrons. The summed E-state index contributed by atoms with van der Waals surface area (Å²) in [5.41, 5.74) is 5.34. The third-order valence-corrected chi connectivity index (χ3v) is 12.2. The van der Waals surface area contributed by atoms with Gasteiger partial charge in [0.2, 0.25) is 11.8 Å². The topological polar surface area (TPSA) is 62.7 Å². The van der Waals surface area contributed by atoms with Crippen LogP contribution >= 0.6 is 0 Å². The second-order valence-corrected chi connectivity index (χ2v) is 18.6. The Bertz CT molecular complexity index is 2010. The van der Waals surface area contributed by atoms with Crippen molar-refractivity contribution >= 4 is 0 Å². The molecule has 2 fully saturated rings. The van der Waals surface area contributed by atoms with Gasteiger partial charge in [0.15, 0.2) is 0 Å². The molecular weight excluding hydrogens is 717 g/mol. The van der Waals surface area contributed by atoms with Crippen LogP contribution in [-0.2, 0) is 10.8 Å². The quantitative estimate of drug-likeness (QED) is 0.105. The fourth-order valence-corrected chi connectivity index (χ4v) is 10.8. The van der Waals surface area contributed by atoms with E-state index in [2.05, 4.69) is 162 Å². The second-order valence-electron chi connectivity index (χ2n) is 18.6. The van der Waals surface area contributed by atoms with Gasteiger partial charge in [0.05, 0.1) is 6.07 Å². The summed E-state index contributed by atoms with van der Waals surface area (Å²) in [7, 11) is 0. The summed E-state index contributed by atoms with van der Waals surface area (Å²) in [6.07, 6.45) is 11.7. The average molecular weight is 777 g/mol. The van der Waals surface area contributed by atoms with E-state index >= 15 is 0 Å². The smallest absolute Gasteiger partial charge is 0.226 e. The van der Waals surface area contributed by atoms with Crippen LogP contribution in [0.2, 0.25) is 0 Å². The number of hydrogen-bond donors (Lipinski definition) is 0. The van der Waals surface area contributed by atoms with Gasteiger partial charge in [0.25, 0.3) is 0 Å². The summed E-state index contributed by atoms with van der Waals surface area (Å²) >= 11 is 0. The lowest BCUT2D eigenvalue weighted by Gasteiger charge is -2.48. The summed E-state index contributed by atoms with van der Waals surface area (Å²) in [6.45, 7) is 22.9. The van der Waals surface area contributed by atoms with Crippen molar-refractivity contribution in [2.75, 3.05) is 13.2 Å². The van der Waals surface area contributed by atoms with Crippen LogP contribution in [0.4, 0.5) is 0 Å². The SMILES string of the molecule is C=CCOc1ccc(C2(c3ccc(Oc4cc(Oc5ccc(C6(c7ccc(OCC=C)cc7)CC(C)CC(C)(C)C6)cc5)ncn4)cc3)CC(C)CC(C)(C)C2)cc1. The molecule has 2 aliphatic rings. The monoisotopic (exact) mass is 776 g/mol. The molecule has 4 unspecified atom stereocenters. The molecule has 0 amide bonds.